The van der Waals surface area contributed by atoms with Crippen LogP contribution in [0.25, 0.3) is 0 Å². The quantitative estimate of drug-likeness (QED) is 0.746. The van der Waals surface area contributed by atoms with Crippen LogP contribution in [0.15, 0.2) is 36.4 Å². The van der Waals surface area contributed by atoms with Gasteiger partial charge in [-0.15, -0.1) is 0 Å². The lowest BCUT2D eigenvalue weighted by molar-refractivity contribution is -0.145. The van der Waals surface area contributed by atoms with Crippen LogP contribution in [0.1, 0.15) is 70.5 Å². The summed E-state index contributed by atoms with van der Waals surface area (Å²) < 4.78 is 0. The molecular weight excluding hydrogens is 298 g/mol. The lowest BCUT2D eigenvalue weighted by atomic mass is 9.56. The Hall–Kier alpha value is -1.90. The zero-order chi connectivity index (χ0) is 17.5. The van der Waals surface area contributed by atoms with Crippen LogP contribution in [0, 0.1) is 5.41 Å². The molecule has 2 amide bonds. The summed E-state index contributed by atoms with van der Waals surface area (Å²) in [5.41, 5.74) is 2.38. The summed E-state index contributed by atoms with van der Waals surface area (Å²) in [5.74, 6) is -0.344. The van der Waals surface area contributed by atoms with Crippen molar-refractivity contribution >= 4 is 11.8 Å². The van der Waals surface area contributed by atoms with Crippen LogP contribution in [0.2, 0.25) is 0 Å². The standard InChI is InChI=1S/C21H27NO2/c1-5-20(6-2)16-12-10-9-11-15(16)19(21(20,7-3)8-4)22-17(23)13-14-18(22)24/h9-14,19H,5-8H2,1-4H3/t19-/m1/s1. The predicted octanol–water partition coefficient (Wildman–Crippen LogP) is 4.53. The van der Waals surface area contributed by atoms with Gasteiger partial charge in [-0.05, 0) is 36.8 Å². The number of benzene rings is 1. The fourth-order valence-electron chi connectivity index (χ4n) is 5.70. The van der Waals surface area contributed by atoms with Crippen molar-refractivity contribution in [2.24, 2.45) is 5.41 Å². The molecule has 1 aliphatic heterocycles. The van der Waals surface area contributed by atoms with Gasteiger partial charge in [0.2, 0.25) is 0 Å². The summed E-state index contributed by atoms with van der Waals surface area (Å²) in [7, 11) is 0. The van der Waals surface area contributed by atoms with Gasteiger partial charge in [0.1, 0.15) is 0 Å². The topological polar surface area (TPSA) is 37.4 Å². The first-order valence-corrected chi connectivity index (χ1v) is 9.17. The molecular formula is C21H27NO2. The average Bonchev–Trinajstić information content (AvgIpc) is 3.06. The van der Waals surface area contributed by atoms with E-state index in [9.17, 15) is 9.59 Å². The summed E-state index contributed by atoms with van der Waals surface area (Å²) in [4.78, 5) is 26.5. The SMILES string of the molecule is CCC1(CC)c2ccccc2[C@@H](N2C(=O)C=CC2=O)C1(CC)CC. The highest BCUT2D eigenvalue weighted by Gasteiger charge is 2.62. The number of carbonyl (C=O) groups is 2. The maximum absolute atomic E-state index is 12.5. The maximum Gasteiger partial charge on any atom is 0.254 e. The van der Waals surface area contributed by atoms with Gasteiger partial charge in [-0.1, -0.05) is 52.0 Å². The van der Waals surface area contributed by atoms with Gasteiger partial charge in [0, 0.05) is 23.0 Å². The van der Waals surface area contributed by atoms with Crippen molar-refractivity contribution in [3.63, 3.8) is 0 Å². The zero-order valence-corrected chi connectivity index (χ0v) is 15.1. The molecule has 1 aromatic rings. The van der Waals surface area contributed by atoms with Crippen molar-refractivity contribution in [2.75, 3.05) is 0 Å². The highest BCUT2D eigenvalue weighted by atomic mass is 16.2. The summed E-state index contributed by atoms with van der Waals surface area (Å²) >= 11 is 0. The molecule has 1 heterocycles. The Kier molecular flexibility index (Phi) is 4.15. The largest absolute Gasteiger partial charge is 0.269 e. The van der Waals surface area contributed by atoms with Gasteiger partial charge >= 0.3 is 0 Å². The molecule has 128 valence electrons. The Balaban J connectivity index is 2.31. The lowest BCUT2D eigenvalue weighted by Gasteiger charge is -2.50. The van der Waals surface area contributed by atoms with Crippen molar-refractivity contribution in [1.82, 2.24) is 4.90 Å². The number of amides is 2. The second-order valence-corrected chi connectivity index (χ2v) is 7.02. The Bertz CT molecular complexity index is 678. The average molecular weight is 325 g/mol. The number of carbonyl (C=O) groups excluding carboxylic acids is 2. The summed E-state index contributed by atoms with van der Waals surface area (Å²) in [6.45, 7) is 8.91. The number of rotatable bonds is 5. The normalized spacial score (nSPS) is 23.8. The molecule has 3 rings (SSSR count). The van der Waals surface area contributed by atoms with Crippen molar-refractivity contribution in [3.05, 3.63) is 47.5 Å². The van der Waals surface area contributed by atoms with Crippen LogP contribution >= 0.6 is 0 Å². The van der Waals surface area contributed by atoms with Crippen LogP contribution in [-0.4, -0.2) is 16.7 Å². The highest BCUT2D eigenvalue weighted by Crippen LogP contribution is 2.66. The first-order chi connectivity index (χ1) is 11.5. The van der Waals surface area contributed by atoms with Crippen molar-refractivity contribution in [2.45, 2.75) is 64.8 Å². The number of fused-ring (bicyclic) bond motifs is 1. The molecule has 24 heavy (non-hydrogen) atoms. The fraction of sp³-hybridized carbons (Fsp3) is 0.524. The molecule has 0 fully saturated rings. The smallest absolute Gasteiger partial charge is 0.254 e. The first kappa shape index (κ1) is 16.9. The molecule has 0 bridgehead atoms. The van der Waals surface area contributed by atoms with Gasteiger partial charge in [0.25, 0.3) is 11.8 Å². The Morgan fingerprint density at radius 2 is 1.42 bits per heavy atom. The third-order valence-corrected chi connectivity index (χ3v) is 6.82. The van der Waals surface area contributed by atoms with E-state index >= 15 is 0 Å². The number of imide groups is 1. The minimum absolute atomic E-state index is 0.000903. The number of hydrogen-bond donors (Lipinski definition) is 0. The van der Waals surface area contributed by atoms with E-state index in [2.05, 4.69) is 45.9 Å². The van der Waals surface area contributed by atoms with Gasteiger partial charge in [-0.3, -0.25) is 14.5 Å². The molecule has 0 radical (unpaired) electrons. The van der Waals surface area contributed by atoms with Crippen molar-refractivity contribution in [3.8, 4) is 0 Å². The van der Waals surface area contributed by atoms with Crippen LogP contribution < -0.4 is 0 Å². The summed E-state index contributed by atoms with van der Waals surface area (Å²) in [6.07, 6.45) is 6.76. The number of hydrogen-bond acceptors (Lipinski definition) is 2. The third kappa shape index (κ3) is 1.84. The van der Waals surface area contributed by atoms with Gasteiger partial charge in [0.15, 0.2) is 0 Å². The maximum atomic E-state index is 12.5. The molecule has 0 saturated heterocycles. The minimum atomic E-state index is -0.172. The Morgan fingerprint density at radius 3 is 1.92 bits per heavy atom. The molecule has 2 aliphatic rings. The predicted molar refractivity (Wildman–Crippen MR) is 95.5 cm³/mol. The molecule has 1 aromatic carbocycles. The molecule has 0 spiro atoms. The fourth-order valence-corrected chi connectivity index (χ4v) is 5.70. The summed E-state index contributed by atoms with van der Waals surface area (Å²) in [6, 6.07) is 8.27. The number of nitrogens with zero attached hydrogens (tertiary/aromatic N) is 1. The first-order valence-electron chi connectivity index (χ1n) is 9.17. The Morgan fingerprint density at radius 1 is 0.875 bits per heavy atom. The molecule has 3 nitrogen and oxygen atoms in total. The molecule has 1 aliphatic carbocycles. The summed E-state index contributed by atoms with van der Waals surface area (Å²) in [5, 5.41) is 0. The van der Waals surface area contributed by atoms with E-state index < -0.39 is 0 Å². The van der Waals surface area contributed by atoms with Gasteiger partial charge in [-0.2, -0.15) is 0 Å². The second kappa shape index (κ2) is 5.87. The molecule has 0 N–H and O–H groups in total. The second-order valence-electron chi connectivity index (χ2n) is 7.02. The van der Waals surface area contributed by atoms with Gasteiger partial charge < -0.3 is 0 Å². The third-order valence-electron chi connectivity index (χ3n) is 6.82. The zero-order valence-electron chi connectivity index (χ0n) is 15.1. The van der Waals surface area contributed by atoms with Crippen molar-refractivity contribution in [1.29, 1.82) is 0 Å². The van der Waals surface area contributed by atoms with Crippen molar-refractivity contribution < 1.29 is 9.59 Å². The van der Waals surface area contributed by atoms with E-state index in [1.54, 1.807) is 0 Å². The molecule has 1 atom stereocenters. The van der Waals surface area contributed by atoms with E-state index in [1.807, 2.05) is 6.07 Å². The van der Waals surface area contributed by atoms with Crippen LogP contribution in [-0.2, 0) is 15.0 Å². The van der Waals surface area contributed by atoms with E-state index in [-0.39, 0.29) is 28.7 Å². The van der Waals surface area contributed by atoms with Gasteiger partial charge in [0.05, 0.1) is 6.04 Å². The lowest BCUT2D eigenvalue weighted by Crippen LogP contribution is -2.49. The van der Waals surface area contributed by atoms with E-state index in [1.165, 1.54) is 22.6 Å². The molecule has 0 unspecified atom stereocenters. The molecule has 0 aromatic heterocycles. The van der Waals surface area contributed by atoms with E-state index in [0.29, 0.717) is 0 Å². The Labute approximate surface area is 144 Å². The minimum Gasteiger partial charge on any atom is -0.269 e. The van der Waals surface area contributed by atoms with E-state index in [4.69, 9.17) is 0 Å². The monoisotopic (exact) mass is 325 g/mol. The van der Waals surface area contributed by atoms with Crippen LogP contribution in [0.3, 0.4) is 0 Å². The van der Waals surface area contributed by atoms with Gasteiger partial charge in [-0.25, -0.2) is 0 Å². The molecule has 3 heteroatoms. The molecule has 0 saturated carbocycles. The van der Waals surface area contributed by atoms with Crippen LogP contribution in [0.5, 0.6) is 0 Å². The van der Waals surface area contributed by atoms with E-state index in [0.717, 1.165) is 31.2 Å². The highest BCUT2D eigenvalue weighted by molar-refractivity contribution is 6.13. The van der Waals surface area contributed by atoms with Crippen LogP contribution in [0.4, 0.5) is 0 Å².